The lowest BCUT2D eigenvalue weighted by Crippen LogP contribution is -2.24. The molecule has 0 fully saturated rings. The Morgan fingerprint density at radius 2 is 2.10 bits per heavy atom. The number of hydrogen-bond donors (Lipinski definition) is 1. The van der Waals surface area contributed by atoms with Gasteiger partial charge in [-0.15, -0.1) is 0 Å². The van der Waals surface area contributed by atoms with E-state index in [0.717, 1.165) is 17.0 Å². The van der Waals surface area contributed by atoms with Gasteiger partial charge in [0.2, 0.25) is 0 Å². The topological polar surface area (TPSA) is 107 Å². The van der Waals surface area contributed by atoms with Crippen LogP contribution in [-0.4, -0.2) is 34.9 Å². The van der Waals surface area contributed by atoms with Gasteiger partial charge in [-0.25, -0.2) is 4.39 Å². The number of aliphatic hydroxyl groups excluding tert-OH is 1. The number of nitro groups is 1. The van der Waals surface area contributed by atoms with Crippen molar-refractivity contribution >= 4 is 17.4 Å². The Hall–Kier alpha value is -2.95. The fourth-order valence-corrected chi connectivity index (χ4v) is 1.42. The number of benzene rings is 1. The normalized spacial score (nSPS) is 11.3. The first-order chi connectivity index (χ1) is 9.29. The zero-order chi connectivity index (χ0) is 15.4. The first-order valence-corrected chi connectivity index (χ1v) is 5.29. The van der Waals surface area contributed by atoms with Crippen LogP contribution in [0, 0.1) is 27.3 Å². The maximum Gasteiger partial charge on any atom is 0.283 e. The Kier molecular flexibility index (Phi) is 4.38. The van der Waals surface area contributed by atoms with Gasteiger partial charge >= 0.3 is 0 Å². The molecular weight excluding hydrogens is 269 g/mol. The molecule has 1 rings (SSSR count). The number of carbonyl (C=O) groups is 1. The predicted molar refractivity (Wildman–Crippen MR) is 66.9 cm³/mol. The van der Waals surface area contributed by atoms with Gasteiger partial charge in [0.25, 0.3) is 11.6 Å². The molecule has 0 heterocycles. The van der Waals surface area contributed by atoms with Crippen molar-refractivity contribution in [1.82, 2.24) is 4.90 Å². The molecule has 0 aromatic heterocycles. The fourth-order valence-electron chi connectivity index (χ4n) is 1.42. The van der Waals surface area contributed by atoms with Crippen LogP contribution in [0.15, 0.2) is 23.8 Å². The van der Waals surface area contributed by atoms with E-state index in [4.69, 9.17) is 5.26 Å². The van der Waals surface area contributed by atoms with E-state index in [1.54, 1.807) is 0 Å². The number of halogens is 1. The van der Waals surface area contributed by atoms with Gasteiger partial charge in [0, 0.05) is 14.1 Å². The summed E-state index contributed by atoms with van der Waals surface area (Å²) in [4.78, 5) is 22.6. The lowest BCUT2D eigenvalue weighted by molar-refractivity contribution is -0.385. The zero-order valence-corrected chi connectivity index (χ0v) is 10.6. The van der Waals surface area contributed by atoms with E-state index < -0.39 is 39.2 Å². The maximum atomic E-state index is 13.0. The molecule has 0 atom stereocenters. The minimum Gasteiger partial charge on any atom is -0.505 e. The second kappa shape index (κ2) is 5.79. The quantitative estimate of drug-likeness (QED) is 0.297. The van der Waals surface area contributed by atoms with Crippen molar-refractivity contribution in [2.75, 3.05) is 14.1 Å². The SMILES string of the molecule is CN(C)C(=O)C(C#N)=C(O)c1ccc(F)cc1[N+](=O)[O-]. The Balaban J connectivity index is 3.54. The smallest absolute Gasteiger partial charge is 0.283 e. The molecule has 0 bridgehead atoms. The summed E-state index contributed by atoms with van der Waals surface area (Å²) in [7, 11) is 2.71. The van der Waals surface area contributed by atoms with Crippen molar-refractivity contribution in [3.05, 3.63) is 45.3 Å². The Bertz CT molecular complexity index is 647. The standard InChI is InChI=1S/C12H10FN3O4/c1-15(2)12(18)9(6-14)11(17)8-4-3-7(13)5-10(8)16(19)20/h3-5,17H,1-2H3. The summed E-state index contributed by atoms with van der Waals surface area (Å²) in [6.45, 7) is 0. The molecule has 1 amide bonds. The lowest BCUT2D eigenvalue weighted by Gasteiger charge is -2.10. The van der Waals surface area contributed by atoms with Crippen molar-refractivity contribution in [2.24, 2.45) is 0 Å². The number of rotatable bonds is 3. The van der Waals surface area contributed by atoms with E-state index in [9.17, 15) is 24.4 Å². The Morgan fingerprint density at radius 3 is 2.55 bits per heavy atom. The number of carbonyl (C=O) groups excluding carboxylic acids is 1. The molecule has 0 saturated heterocycles. The average molecular weight is 279 g/mol. The van der Waals surface area contributed by atoms with Crippen molar-refractivity contribution in [1.29, 1.82) is 5.26 Å². The molecule has 104 valence electrons. The van der Waals surface area contributed by atoms with Gasteiger partial charge in [-0.3, -0.25) is 14.9 Å². The van der Waals surface area contributed by atoms with Crippen molar-refractivity contribution in [2.45, 2.75) is 0 Å². The van der Waals surface area contributed by atoms with Crippen LogP contribution in [0.2, 0.25) is 0 Å². The van der Waals surface area contributed by atoms with Gasteiger partial charge < -0.3 is 10.0 Å². The van der Waals surface area contributed by atoms with E-state index in [1.807, 2.05) is 0 Å². The summed E-state index contributed by atoms with van der Waals surface area (Å²) >= 11 is 0. The Morgan fingerprint density at radius 1 is 1.50 bits per heavy atom. The number of nitriles is 1. The van der Waals surface area contributed by atoms with Crippen LogP contribution in [-0.2, 0) is 4.79 Å². The number of aliphatic hydroxyl groups is 1. The highest BCUT2D eigenvalue weighted by atomic mass is 19.1. The van der Waals surface area contributed by atoms with Gasteiger partial charge in [-0.1, -0.05) is 0 Å². The number of nitro benzene ring substituents is 1. The third-order valence-corrected chi connectivity index (χ3v) is 2.38. The van der Waals surface area contributed by atoms with E-state index in [-0.39, 0.29) is 0 Å². The van der Waals surface area contributed by atoms with Crippen molar-refractivity contribution in [3.63, 3.8) is 0 Å². The minimum absolute atomic E-state index is 0.400. The van der Waals surface area contributed by atoms with E-state index >= 15 is 0 Å². The van der Waals surface area contributed by atoms with Crippen LogP contribution in [0.4, 0.5) is 10.1 Å². The number of nitrogens with zero attached hydrogens (tertiary/aromatic N) is 3. The summed E-state index contributed by atoms with van der Waals surface area (Å²) < 4.78 is 13.0. The molecule has 0 saturated carbocycles. The molecule has 0 radical (unpaired) electrons. The van der Waals surface area contributed by atoms with Crippen LogP contribution in [0.25, 0.3) is 5.76 Å². The summed E-state index contributed by atoms with van der Waals surface area (Å²) in [5.74, 6) is -2.55. The van der Waals surface area contributed by atoms with E-state index in [1.165, 1.54) is 20.2 Å². The largest absolute Gasteiger partial charge is 0.505 e. The molecule has 1 aromatic carbocycles. The van der Waals surface area contributed by atoms with Gasteiger partial charge in [-0.05, 0) is 12.1 Å². The minimum atomic E-state index is -0.913. The number of amides is 1. The van der Waals surface area contributed by atoms with Crippen LogP contribution in [0.3, 0.4) is 0 Å². The highest BCUT2D eigenvalue weighted by Gasteiger charge is 2.24. The summed E-state index contributed by atoms with van der Waals surface area (Å²) in [6, 6.07) is 3.90. The van der Waals surface area contributed by atoms with Gasteiger partial charge in [0.15, 0.2) is 11.3 Å². The molecule has 20 heavy (non-hydrogen) atoms. The van der Waals surface area contributed by atoms with E-state index in [2.05, 4.69) is 0 Å². The van der Waals surface area contributed by atoms with Crippen LogP contribution >= 0.6 is 0 Å². The molecular formula is C12H10FN3O4. The summed E-state index contributed by atoms with van der Waals surface area (Å²) in [6.07, 6.45) is 0. The second-order valence-corrected chi connectivity index (χ2v) is 3.95. The molecule has 8 heteroatoms. The summed E-state index contributed by atoms with van der Waals surface area (Å²) in [5, 5.41) is 29.6. The van der Waals surface area contributed by atoms with Crippen molar-refractivity contribution < 1.29 is 19.2 Å². The molecule has 0 spiro atoms. The molecule has 0 aliphatic rings. The monoisotopic (exact) mass is 279 g/mol. The molecule has 0 aliphatic carbocycles. The molecule has 1 aromatic rings. The van der Waals surface area contributed by atoms with E-state index in [0.29, 0.717) is 6.07 Å². The van der Waals surface area contributed by atoms with Crippen LogP contribution < -0.4 is 0 Å². The third kappa shape index (κ3) is 2.89. The molecule has 7 nitrogen and oxygen atoms in total. The molecule has 0 unspecified atom stereocenters. The third-order valence-electron chi connectivity index (χ3n) is 2.38. The lowest BCUT2D eigenvalue weighted by atomic mass is 10.1. The number of likely N-dealkylation sites (N-methyl/N-ethyl adjacent to an activating group) is 1. The Labute approximate surface area is 113 Å². The fraction of sp³-hybridized carbons (Fsp3) is 0.167. The molecule has 0 aliphatic heterocycles. The maximum absolute atomic E-state index is 13.0. The first-order valence-electron chi connectivity index (χ1n) is 5.29. The average Bonchev–Trinajstić information content (AvgIpc) is 2.38. The van der Waals surface area contributed by atoms with Gasteiger partial charge in [0.05, 0.1) is 16.6 Å². The summed E-state index contributed by atoms with van der Waals surface area (Å²) in [5.41, 5.74) is -1.80. The van der Waals surface area contributed by atoms with Gasteiger partial charge in [0.1, 0.15) is 11.9 Å². The van der Waals surface area contributed by atoms with Gasteiger partial charge in [-0.2, -0.15) is 5.26 Å². The zero-order valence-electron chi connectivity index (χ0n) is 10.6. The second-order valence-electron chi connectivity index (χ2n) is 3.95. The first kappa shape index (κ1) is 15.1. The van der Waals surface area contributed by atoms with Crippen molar-refractivity contribution in [3.8, 4) is 6.07 Å². The van der Waals surface area contributed by atoms with Crippen LogP contribution in [0.5, 0.6) is 0 Å². The predicted octanol–water partition coefficient (Wildman–Crippen LogP) is 1.61. The molecule has 1 N–H and O–H groups in total. The highest BCUT2D eigenvalue weighted by molar-refractivity contribution is 6.03. The number of hydrogen-bond acceptors (Lipinski definition) is 5. The van der Waals surface area contributed by atoms with Crippen LogP contribution in [0.1, 0.15) is 5.56 Å². The highest BCUT2D eigenvalue weighted by Crippen LogP contribution is 2.27.